The van der Waals surface area contributed by atoms with E-state index < -0.39 is 0 Å². The molecule has 0 saturated carbocycles. The number of nitrogens with two attached hydrogens (primary N) is 1. The topological polar surface area (TPSA) is 68.8 Å². The van der Waals surface area contributed by atoms with Crippen LogP contribution < -0.4 is 11.3 Å². The van der Waals surface area contributed by atoms with E-state index in [1.165, 1.54) is 0 Å². The van der Waals surface area contributed by atoms with Gasteiger partial charge in [-0.1, -0.05) is 6.07 Å². The molecule has 0 fully saturated rings. The van der Waals surface area contributed by atoms with E-state index in [0.29, 0.717) is 5.82 Å². The average molecular weight is 203 g/mol. The summed E-state index contributed by atoms with van der Waals surface area (Å²) < 4.78 is 2.04. The lowest BCUT2D eigenvalue weighted by atomic mass is 10.2. The van der Waals surface area contributed by atoms with E-state index in [4.69, 9.17) is 5.84 Å². The second-order valence-electron chi connectivity index (χ2n) is 3.26. The van der Waals surface area contributed by atoms with Crippen LogP contribution in [0.5, 0.6) is 0 Å². The number of pyridine rings is 1. The molecule has 0 atom stereocenters. The summed E-state index contributed by atoms with van der Waals surface area (Å²) in [5.41, 5.74) is 3.63. The molecular formula is C10H13N5. The normalized spacial score (nSPS) is 10.3. The van der Waals surface area contributed by atoms with Crippen LogP contribution in [-0.2, 0) is 6.54 Å². The second kappa shape index (κ2) is 4.10. The van der Waals surface area contributed by atoms with Gasteiger partial charge in [0, 0.05) is 24.2 Å². The number of nitrogens with zero attached hydrogens (tertiary/aromatic N) is 3. The highest BCUT2D eigenvalue weighted by Crippen LogP contribution is 2.12. The molecule has 0 aliphatic carbocycles. The summed E-state index contributed by atoms with van der Waals surface area (Å²) in [6.45, 7) is 2.69. The van der Waals surface area contributed by atoms with Crippen LogP contribution in [0.15, 0.2) is 30.7 Å². The summed E-state index contributed by atoms with van der Waals surface area (Å²) in [5.74, 6) is 7.05. The molecule has 0 saturated heterocycles. The molecule has 0 unspecified atom stereocenters. The van der Waals surface area contributed by atoms with Crippen molar-refractivity contribution in [2.75, 3.05) is 5.43 Å². The minimum absolute atomic E-state index is 0.700. The van der Waals surface area contributed by atoms with Crippen molar-refractivity contribution in [3.63, 3.8) is 0 Å². The number of aromatic nitrogens is 3. The Morgan fingerprint density at radius 3 is 2.93 bits per heavy atom. The van der Waals surface area contributed by atoms with Crippen LogP contribution >= 0.6 is 0 Å². The van der Waals surface area contributed by atoms with Crippen LogP contribution in [0.25, 0.3) is 0 Å². The molecule has 0 amide bonds. The third-order valence-electron chi connectivity index (χ3n) is 2.29. The van der Waals surface area contributed by atoms with Crippen LogP contribution in [0, 0.1) is 6.92 Å². The molecule has 0 radical (unpaired) electrons. The van der Waals surface area contributed by atoms with Crippen molar-refractivity contribution in [1.82, 2.24) is 14.5 Å². The van der Waals surface area contributed by atoms with Crippen molar-refractivity contribution >= 4 is 5.82 Å². The standard InChI is InChI=1S/C10H13N5/c1-8-12-5-6-15(8)7-9-3-2-4-13-10(9)14-11/h2-6H,7,11H2,1H3,(H,13,14). The van der Waals surface area contributed by atoms with E-state index in [0.717, 1.165) is 17.9 Å². The van der Waals surface area contributed by atoms with Crippen LogP contribution in [0.4, 0.5) is 5.82 Å². The summed E-state index contributed by atoms with van der Waals surface area (Å²) in [7, 11) is 0. The first-order chi connectivity index (χ1) is 7.31. The van der Waals surface area contributed by atoms with Gasteiger partial charge < -0.3 is 9.99 Å². The Morgan fingerprint density at radius 1 is 1.40 bits per heavy atom. The van der Waals surface area contributed by atoms with Gasteiger partial charge in [0.25, 0.3) is 0 Å². The third kappa shape index (κ3) is 1.97. The van der Waals surface area contributed by atoms with Crippen molar-refractivity contribution in [3.8, 4) is 0 Å². The number of nitrogen functional groups attached to an aromatic ring is 1. The smallest absolute Gasteiger partial charge is 0.144 e. The summed E-state index contributed by atoms with van der Waals surface area (Å²) in [4.78, 5) is 8.30. The third-order valence-corrected chi connectivity index (χ3v) is 2.29. The molecule has 0 aliphatic heterocycles. The fourth-order valence-electron chi connectivity index (χ4n) is 1.45. The number of imidazole rings is 1. The zero-order valence-electron chi connectivity index (χ0n) is 8.51. The quantitative estimate of drug-likeness (QED) is 0.575. The lowest BCUT2D eigenvalue weighted by Crippen LogP contribution is -2.12. The van der Waals surface area contributed by atoms with Gasteiger partial charge in [0.1, 0.15) is 11.6 Å². The first kappa shape index (κ1) is 9.67. The summed E-state index contributed by atoms with van der Waals surface area (Å²) in [6.07, 6.45) is 5.42. The van der Waals surface area contributed by atoms with Gasteiger partial charge in [0.05, 0.1) is 6.54 Å². The van der Waals surface area contributed by atoms with E-state index in [9.17, 15) is 0 Å². The molecule has 78 valence electrons. The number of anilines is 1. The monoisotopic (exact) mass is 203 g/mol. The number of hydrogen-bond acceptors (Lipinski definition) is 4. The number of rotatable bonds is 3. The van der Waals surface area contributed by atoms with E-state index in [-0.39, 0.29) is 0 Å². The Bertz CT molecular complexity index is 449. The zero-order chi connectivity index (χ0) is 10.7. The van der Waals surface area contributed by atoms with Crippen LogP contribution in [0.2, 0.25) is 0 Å². The Morgan fingerprint density at radius 2 is 2.27 bits per heavy atom. The maximum atomic E-state index is 5.38. The number of hydrogen-bond donors (Lipinski definition) is 2. The van der Waals surface area contributed by atoms with E-state index in [1.807, 2.05) is 29.8 Å². The molecule has 0 spiro atoms. The lowest BCUT2D eigenvalue weighted by molar-refractivity contribution is 0.759. The van der Waals surface area contributed by atoms with Crippen molar-refractivity contribution in [3.05, 3.63) is 42.1 Å². The van der Waals surface area contributed by atoms with Gasteiger partial charge in [0.2, 0.25) is 0 Å². The maximum absolute atomic E-state index is 5.38. The van der Waals surface area contributed by atoms with Gasteiger partial charge in [-0.3, -0.25) is 0 Å². The van der Waals surface area contributed by atoms with Crippen molar-refractivity contribution in [1.29, 1.82) is 0 Å². The molecule has 0 aliphatic rings. The van der Waals surface area contributed by atoms with E-state index in [1.54, 1.807) is 12.4 Å². The number of nitrogens with one attached hydrogen (secondary N) is 1. The Balaban J connectivity index is 2.28. The van der Waals surface area contributed by atoms with Gasteiger partial charge >= 0.3 is 0 Å². The van der Waals surface area contributed by atoms with E-state index in [2.05, 4.69) is 15.4 Å². The minimum atomic E-state index is 0.700. The lowest BCUT2D eigenvalue weighted by Gasteiger charge is -2.09. The Labute approximate surface area is 87.9 Å². The molecule has 5 nitrogen and oxygen atoms in total. The highest BCUT2D eigenvalue weighted by atomic mass is 15.3. The van der Waals surface area contributed by atoms with E-state index >= 15 is 0 Å². The molecule has 2 aromatic rings. The van der Waals surface area contributed by atoms with Crippen molar-refractivity contribution in [2.45, 2.75) is 13.5 Å². The van der Waals surface area contributed by atoms with Gasteiger partial charge in [-0.25, -0.2) is 15.8 Å². The van der Waals surface area contributed by atoms with Gasteiger partial charge in [-0.15, -0.1) is 0 Å². The van der Waals surface area contributed by atoms with Crippen molar-refractivity contribution < 1.29 is 0 Å². The largest absolute Gasteiger partial charge is 0.331 e. The number of hydrazine groups is 1. The molecular weight excluding hydrogens is 190 g/mol. The van der Waals surface area contributed by atoms with Gasteiger partial charge in [-0.05, 0) is 13.0 Å². The fraction of sp³-hybridized carbons (Fsp3) is 0.200. The molecule has 3 N–H and O–H groups in total. The predicted molar refractivity (Wildman–Crippen MR) is 58.1 cm³/mol. The highest BCUT2D eigenvalue weighted by molar-refractivity contribution is 5.42. The summed E-state index contributed by atoms with van der Waals surface area (Å²) in [5, 5.41) is 0. The molecule has 5 heteroatoms. The number of aryl methyl sites for hydroxylation is 1. The predicted octanol–water partition coefficient (Wildman–Crippen LogP) is 0.920. The maximum Gasteiger partial charge on any atom is 0.144 e. The Kier molecular flexibility index (Phi) is 2.64. The molecule has 2 rings (SSSR count). The van der Waals surface area contributed by atoms with Crippen LogP contribution in [-0.4, -0.2) is 14.5 Å². The van der Waals surface area contributed by atoms with Gasteiger partial charge in [-0.2, -0.15) is 0 Å². The van der Waals surface area contributed by atoms with Gasteiger partial charge in [0.15, 0.2) is 0 Å². The van der Waals surface area contributed by atoms with Crippen molar-refractivity contribution in [2.24, 2.45) is 5.84 Å². The first-order valence-corrected chi connectivity index (χ1v) is 4.69. The molecule has 0 bridgehead atoms. The molecule has 15 heavy (non-hydrogen) atoms. The van der Waals surface area contributed by atoms with Crippen LogP contribution in [0.3, 0.4) is 0 Å². The molecule has 0 aromatic carbocycles. The second-order valence-corrected chi connectivity index (χ2v) is 3.26. The minimum Gasteiger partial charge on any atom is -0.331 e. The Hall–Kier alpha value is -1.88. The fourth-order valence-corrected chi connectivity index (χ4v) is 1.45. The highest BCUT2D eigenvalue weighted by Gasteiger charge is 2.03. The summed E-state index contributed by atoms with van der Waals surface area (Å²) >= 11 is 0. The first-order valence-electron chi connectivity index (χ1n) is 4.69. The SMILES string of the molecule is Cc1nccn1Cc1cccnc1NN. The average Bonchev–Trinajstić information content (AvgIpc) is 2.65. The molecule has 2 heterocycles. The molecule has 2 aromatic heterocycles. The summed E-state index contributed by atoms with van der Waals surface area (Å²) in [6, 6.07) is 3.88. The van der Waals surface area contributed by atoms with Crippen LogP contribution in [0.1, 0.15) is 11.4 Å². The zero-order valence-corrected chi connectivity index (χ0v) is 8.51.